The predicted molar refractivity (Wildman–Crippen MR) is 113 cm³/mol. The second-order valence-corrected chi connectivity index (χ2v) is 9.00. The van der Waals surface area contributed by atoms with E-state index in [1.807, 2.05) is 12.1 Å². The minimum Gasteiger partial charge on any atom is -0.381 e. The summed E-state index contributed by atoms with van der Waals surface area (Å²) in [5, 5.41) is 3.19. The summed E-state index contributed by atoms with van der Waals surface area (Å²) in [7, 11) is 0. The highest BCUT2D eigenvalue weighted by atomic mass is 16.5. The van der Waals surface area contributed by atoms with Crippen LogP contribution in [0.25, 0.3) is 0 Å². The molecule has 1 N–H and O–H groups in total. The van der Waals surface area contributed by atoms with E-state index in [2.05, 4.69) is 29.3 Å². The minimum absolute atomic E-state index is 0.000978. The predicted octanol–water partition coefficient (Wildman–Crippen LogP) is 3.48. The van der Waals surface area contributed by atoms with Gasteiger partial charge >= 0.3 is 0 Å². The van der Waals surface area contributed by atoms with E-state index in [1.165, 1.54) is 19.3 Å². The number of likely N-dealkylation sites (tertiary alicyclic amines) is 1. The van der Waals surface area contributed by atoms with E-state index in [-0.39, 0.29) is 17.9 Å². The molecule has 5 nitrogen and oxygen atoms in total. The Labute approximate surface area is 174 Å². The first-order valence-corrected chi connectivity index (χ1v) is 11.4. The van der Waals surface area contributed by atoms with E-state index in [9.17, 15) is 9.59 Å². The first kappa shape index (κ1) is 20.4. The Morgan fingerprint density at radius 2 is 1.79 bits per heavy atom. The van der Waals surface area contributed by atoms with Crippen LogP contribution < -0.4 is 5.32 Å². The van der Waals surface area contributed by atoms with Crippen LogP contribution in [-0.2, 0) is 19.7 Å². The molecule has 2 saturated heterocycles. The number of nitrogens with zero attached hydrogens (tertiary/aromatic N) is 1. The molecule has 3 fully saturated rings. The standard InChI is InChI=1S/C24H34N2O3/c1-18-8-5-6-11-20(18)24(13-16-29-17-14-24)23(28)25-21-12-7-15-26(22(21)27)19-9-3-2-4-10-19/h5-6,8,11,19,21H,2-4,7,9-10,12-17H2,1H3,(H,25,28). The van der Waals surface area contributed by atoms with Crippen molar-refractivity contribution in [3.05, 3.63) is 35.4 Å². The monoisotopic (exact) mass is 398 g/mol. The van der Waals surface area contributed by atoms with Crippen LogP contribution in [0.15, 0.2) is 24.3 Å². The molecule has 2 aliphatic heterocycles. The molecule has 1 aromatic carbocycles. The van der Waals surface area contributed by atoms with Crippen molar-refractivity contribution in [2.24, 2.45) is 0 Å². The summed E-state index contributed by atoms with van der Waals surface area (Å²) in [5.74, 6) is 0.127. The molecule has 0 spiro atoms. The van der Waals surface area contributed by atoms with Gasteiger partial charge in [-0.05, 0) is 56.6 Å². The van der Waals surface area contributed by atoms with Crippen molar-refractivity contribution in [1.29, 1.82) is 0 Å². The zero-order chi connectivity index (χ0) is 20.3. The van der Waals surface area contributed by atoms with Gasteiger partial charge in [-0.2, -0.15) is 0 Å². The van der Waals surface area contributed by atoms with Crippen molar-refractivity contribution in [1.82, 2.24) is 10.2 Å². The molecule has 5 heteroatoms. The second kappa shape index (κ2) is 8.86. The van der Waals surface area contributed by atoms with Crippen LogP contribution in [0.5, 0.6) is 0 Å². The molecule has 1 atom stereocenters. The largest absolute Gasteiger partial charge is 0.381 e. The van der Waals surface area contributed by atoms with Gasteiger partial charge in [0.1, 0.15) is 6.04 Å². The number of piperidine rings is 1. The first-order chi connectivity index (χ1) is 14.1. The average Bonchev–Trinajstić information content (AvgIpc) is 2.76. The van der Waals surface area contributed by atoms with Gasteiger partial charge in [-0.25, -0.2) is 0 Å². The van der Waals surface area contributed by atoms with E-state index in [0.717, 1.165) is 43.4 Å². The highest BCUT2D eigenvalue weighted by Gasteiger charge is 2.44. The van der Waals surface area contributed by atoms with Crippen molar-refractivity contribution < 1.29 is 14.3 Å². The summed E-state index contributed by atoms with van der Waals surface area (Å²) < 4.78 is 5.59. The Morgan fingerprint density at radius 1 is 1.07 bits per heavy atom. The molecule has 4 rings (SSSR count). The Hall–Kier alpha value is -1.88. The first-order valence-electron chi connectivity index (χ1n) is 11.4. The highest BCUT2D eigenvalue weighted by Crippen LogP contribution is 2.37. The summed E-state index contributed by atoms with van der Waals surface area (Å²) in [6.07, 6.45) is 8.95. The SMILES string of the molecule is Cc1ccccc1C1(C(=O)NC2CCCN(C3CCCCC3)C2=O)CCOCC1. The van der Waals surface area contributed by atoms with Gasteiger partial charge in [0.25, 0.3) is 0 Å². The van der Waals surface area contributed by atoms with Crippen molar-refractivity contribution in [3.8, 4) is 0 Å². The second-order valence-electron chi connectivity index (χ2n) is 9.00. The van der Waals surface area contributed by atoms with Crippen LogP contribution in [-0.4, -0.2) is 48.6 Å². The maximum absolute atomic E-state index is 13.6. The summed E-state index contributed by atoms with van der Waals surface area (Å²) in [5.41, 5.74) is 1.60. The van der Waals surface area contributed by atoms with Crippen LogP contribution in [0.3, 0.4) is 0 Å². The zero-order valence-corrected chi connectivity index (χ0v) is 17.6. The Morgan fingerprint density at radius 3 is 2.52 bits per heavy atom. The number of nitrogens with one attached hydrogen (secondary N) is 1. The molecular weight excluding hydrogens is 364 g/mol. The van der Waals surface area contributed by atoms with Gasteiger partial charge in [0.15, 0.2) is 0 Å². The third-order valence-corrected chi connectivity index (χ3v) is 7.24. The van der Waals surface area contributed by atoms with Gasteiger partial charge < -0.3 is 15.0 Å². The highest BCUT2D eigenvalue weighted by molar-refractivity contribution is 5.94. The lowest BCUT2D eigenvalue weighted by atomic mass is 9.71. The van der Waals surface area contributed by atoms with Crippen molar-refractivity contribution in [3.63, 3.8) is 0 Å². The third kappa shape index (κ3) is 4.07. The molecule has 158 valence electrons. The van der Waals surface area contributed by atoms with Crippen LogP contribution in [0.2, 0.25) is 0 Å². The zero-order valence-electron chi connectivity index (χ0n) is 17.6. The van der Waals surface area contributed by atoms with Gasteiger partial charge in [0.05, 0.1) is 5.41 Å². The van der Waals surface area contributed by atoms with Crippen molar-refractivity contribution >= 4 is 11.8 Å². The molecular formula is C24H34N2O3. The molecule has 0 aromatic heterocycles. The number of benzene rings is 1. The smallest absolute Gasteiger partial charge is 0.245 e. The minimum atomic E-state index is -0.600. The summed E-state index contributed by atoms with van der Waals surface area (Å²) in [4.78, 5) is 28.9. The van der Waals surface area contributed by atoms with Crippen LogP contribution in [0.1, 0.15) is 68.9 Å². The van der Waals surface area contributed by atoms with Gasteiger partial charge in [0, 0.05) is 25.8 Å². The Kier molecular flexibility index (Phi) is 6.23. The molecule has 3 aliphatic rings. The fourth-order valence-electron chi connectivity index (χ4n) is 5.53. The fraction of sp³-hybridized carbons (Fsp3) is 0.667. The maximum Gasteiger partial charge on any atom is 0.245 e. The van der Waals surface area contributed by atoms with Crippen LogP contribution in [0, 0.1) is 6.92 Å². The van der Waals surface area contributed by atoms with Crippen molar-refractivity contribution in [2.45, 2.75) is 82.2 Å². The van der Waals surface area contributed by atoms with Gasteiger partial charge in [-0.15, -0.1) is 0 Å². The summed E-state index contributed by atoms with van der Waals surface area (Å²) in [6.45, 7) is 4.06. The molecule has 29 heavy (non-hydrogen) atoms. The number of ether oxygens (including phenoxy) is 1. The van der Waals surface area contributed by atoms with E-state index in [0.29, 0.717) is 32.1 Å². The molecule has 1 saturated carbocycles. The van der Waals surface area contributed by atoms with Crippen LogP contribution in [0.4, 0.5) is 0 Å². The quantitative estimate of drug-likeness (QED) is 0.845. The van der Waals surface area contributed by atoms with E-state index >= 15 is 0 Å². The topological polar surface area (TPSA) is 58.6 Å². The lowest BCUT2D eigenvalue weighted by Crippen LogP contribution is -2.59. The summed E-state index contributed by atoms with van der Waals surface area (Å²) >= 11 is 0. The lowest BCUT2D eigenvalue weighted by molar-refractivity contribution is -0.143. The molecule has 1 aliphatic carbocycles. The number of rotatable bonds is 4. The fourth-order valence-corrected chi connectivity index (χ4v) is 5.53. The number of carbonyl (C=O) groups is 2. The van der Waals surface area contributed by atoms with Gasteiger partial charge in [-0.3, -0.25) is 9.59 Å². The molecule has 0 bridgehead atoms. The number of aryl methyl sites for hydroxylation is 1. The summed E-state index contributed by atoms with van der Waals surface area (Å²) in [6, 6.07) is 8.12. The normalized spacial score (nSPS) is 25.6. The molecule has 2 heterocycles. The molecule has 2 amide bonds. The van der Waals surface area contributed by atoms with Crippen molar-refractivity contribution in [2.75, 3.05) is 19.8 Å². The Balaban J connectivity index is 1.53. The molecule has 1 unspecified atom stereocenters. The molecule has 0 radical (unpaired) electrons. The van der Waals surface area contributed by atoms with E-state index in [4.69, 9.17) is 4.74 Å². The van der Waals surface area contributed by atoms with Crippen LogP contribution >= 0.6 is 0 Å². The average molecular weight is 399 g/mol. The Bertz CT molecular complexity index is 735. The molecule has 1 aromatic rings. The van der Waals surface area contributed by atoms with Gasteiger partial charge in [0.2, 0.25) is 11.8 Å². The number of carbonyl (C=O) groups excluding carboxylic acids is 2. The number of hydrogen-bond donors (Lipinski definition) is 1. The lowest BCUT2D eigenvalue weighted by Gasteiger charge is -2.42. The maximum atomic E-state index is 13.6. The van der Waals surface area contributed by atoms with E-state index in [1.54, 1.807) is 0 Å². The third-order valence-electron chi connectivity index (χ3n) is 7.24. The van der Waals surface area contributed by atoms with Gasteiger partial charge in [-0.1, -0.05) is 43.5 Å². The van der Waals surface area contributed by atoms with E-state index < -0.39 is 5.41 Å². The number of amides is 2. The number of hydrogen-bond acceptors (Lipinski definition) is 3.